The Morgan fingerprint density at radius 1 is 1.38 bits per heavy atom. The summed E-state index contributed by atoms with van der Waals surface area (Å²) in [6.07, 6.45) is 2.38. The minimum absolute atomic E-state index is 0. The van der Waals surface area contributed by atoms with Crippen LogP contribution in [0.2, 0.25) is 0 Å². The lowest BCUT2D eigenvalue weighted by Gasteiger charge is -2.35. The van der Waals surface area contributed by atoms with Crippen molar-refractivity contribution in [3.8, 4) is 5.75 Å². The zero-order valence-corrected chi connectivity index (χ0v) is 14.7. The maximum atomic E-state index is 14.1. The summed E-state index contributed by atoms with van der Waals surface area (Å²) in [5, 5.41) is 13.4. The van der Waals surface area contributed by atoms with Crippen LogP contribution < -0.4 is 5.32 Å². The van der Waals surface area contributed by atoms with Gasteiger partial charge in [0.05, 0.1) is 4.47 Å². The minimum Gasteiger partial charge on any atom is -0.506 e. The predicted molar refractivity (Wildman–Crippen MR) is 92.3 cm³/mol. The Kier molecular flexibility index (Phi) is 9.49. The second-order valence-corrected chi connectivity index (χ2v) is 5.47. The normalized spacial score (nSPS) is 16.5. The molecule has 0 spiro atoms. The Labute approximate surface area is 145 Å². The maximum Gasteiger partial charge on any atom is 0.137 e. The van der Waals surface area contributed by atoms with Gasteiger partial charge in [0.25, 0.3) is 0 Å². The van der Waals surface area contributed by atoms with Crippen LogP contribution in [-0.2, 0) is 0 Å². The van der Waals surface area contributed by atoms with Crippen LogP contribution >= 0.6 is 40.7 Å². The molecule has 3 nitrogen and oxygen atoms in total. The van der Waals surface area contributed by atoms with Gasteiger partial charge in [-0.25, -0.2) is 4.39 Å². The number of halogens is 4. The molecule has 1 heterocycles. The molecule has 2 N–H and O–H groups in total. The molecule has 1 aliphatic rings. The third-order valence-electron chi connectivity index (χ3n) is 3.43. The van der Waals surface area contributed by atoms with Crippen LogP contribution in [0.1, 0.15) is 18.0 Å². The summed E-state index contributed by atoms with van der Waals surface area (Å²) >= 11 is 3.25. The summed E-state index contributed by atoms with van der Waals surface area (Å²) in [5.41, 5.74) is 0.358. The highest BCUT2D eigenvalue weighted by Gasteiger charge is 2.27. The van der Waals surface area contributed by atoms with Crippen LogP contribution in [0.5, 0.6) is 5.75 Å². The lowest BCUT2D eigenvalue weighted by atomic mass is 9.99. The molecule has 7 heteroatoms. The van der Waals surface area contributed by atoms with E-state index in [-0.39, 0.29) is 42.4 Å². The number of hydrogen-bond donors (Lipinski definition) is 2. The van der Waals surface area contributed by atoms with E-state index in [1.54, 1.807) is 6.08 Å². The fourth-order valence-electron chi connectivity index (χ4n) is 2.47. The van der Waals surface area contributed by atoms with Crippen LogP contribution in [-0.4, -0.2) is 36.2 Å². The molecular formula is C14H20BrCl2FN2O. The number of phenolic OH excluding ortho intramolecular Hbond substituents is 1. The van der Waals surface area contributed by atoms with Gasteiger partial charge in [-0.15, -0.1) is 31.4 Å². The molecule has 0 saturated carbocycles. The quantitative estimate of drug-likeness (QED) is 0.755. The van der Waals surface area contributed by atoms with Crippen molar-refractivity contribution >= 4 is 40.7 Å². The highest BCUT2D eigenvalue weighted by Crippen LogP contribution is 2.38. The van der Waals surface area contributed by atoms with Gasteiger partial charge in [0.15, 0.2) is 0 Å². The Morgan fingerprint density at radius 2 is 2.00 bits per heavy atom. The topological polar surface area (TPSA) is 35.5 Å². The molecule has 2 rings (SSSR count). The maximum absolute atomic E-state index is 14.1. The van der Waals surface area contributed by atoms with Gasteiger partial charge in [0, 0.05) is 37.8 Å². The number of benzene rings is 1. The number of rotatable bonds is 4. The van der Waals surface area contributed by atoms with Crippen molar-refractivity contribution in [3.05, 3.63) is 40.6 Å². The van der Waals surface area contributed by atoms with Crippen molar-refractivity contribution in [3.63, 3.8) is 0 Å². The number of nitrogens with zero attached hydrogens (tertiary/aromatic N) is 1. The number of hydrogen-bond acceptors (Lipinski definition) is 3. The molecule has 1 aromatic carbocycles. The van der Waals surface area contributed by atoms with Crippen LogP contribution in [0.25, 0.3) is 0 Å². The second-order valence-electron chi connectivity index (χ2n) is 4.62. The van der Waals surface area contributed by atoms with E-state index in [2.05, 4.69) is 32.7 Å². The first kappa shape index (κ1) is 20.7. The van der Waals surface area contributed by atoms with Gasteiger partial charge in [-0.1, -0.05) is 6.08 Å². The standard InChI is InChI=1S/C14H18BrFN2O.2ClH/c1-2-3-12(18-8-6-17-7-9-18)13-11(16)5-4-10(15)14(13)19;;/h2,4-5,12,17,19H,1,3,6-9H2;2*1H/t12-;;/m1../s1. The molecule has 1 atom stereocenters. The lowest BCUT2D eigenvalue weighted by molar-refractivity contribution is 0.168. The summed E-state index contributed by atoms with van der Waals surface area (Å²) in [7, 11) is 0. The molecule has 0 aliphatic carbocycles. The predicted octanol–water partition coefficient (Wildman–Crippen LogP) is 3.66. The fraction of sp³-hybridized carbons (Fsp3) is 0.429. The largest absolute Gasteiger partial charge is 0.506 e. The van der Waals surface area contributed by atoms with Crippen molar-refractivity contribution in [1.82, 2.24) is 10.2 Å². The Bertz CT molecular complexity index is 471. The smallest absolute Gasteiger partial charge is 0.137 e. The van der Waals surface area contributed by atoms with E-state index in [1.165, 1.54) is 12.1 Å². The molecule has 0 unspecified atom stereocenters. The van der Waals surface area contributed by atoms with Crippen molar-refractivity contribution in [1.29, 1.82) is 0 Å². The van der Waals surface area contributed by atoms with Gasteiger partial charge in [-0.3, -0.25) is 4.90 Å². The van der Waals surface area contributed by atoms with Crippen LogP contribution in [0.3, 0.4) is 0 Å². The summed E-state index contributed by atoms with van der Waals surface area (Å²) in [4.78, 5) is 2.18. The average molecular weight is 402 g/mol. The van der Waals surface area contributed by atoms with Gasteiger partial charge in [-0.2, -0.15) is 0 Å². The van der Waals surface area contributed by atoms with E-state index >= 15 is 0 Å². The van der Waals surface area contributed by atoms with E-state index in [9.17, 15) is 9.50 Å². The van der Waals surface area contributed by atoms with Gasteiger partial charge in [0.1, 0.15) is 11.6 Å². The first-order valence-electron chi connectivity index (χ1n) is 6.37. The highest BCUT2D eigenvalue weighted by atomic mass is 79.9. The first-order valence-corrected chi connectivity index (χ1v) is 7.17. The fourth-order valence-corrected chi connectivity index (χ4v) is 2.82. The van der Waals surface area contributed by atoms with Gasteiger partial charge >= 0.3 is 0 Å². The van der Waals surface area contributed by atoms with E-state index in [0.29, 0.717) is 16.5 Å². The summed E-state index contributed by atoms with van der Waals surface area (Å²) < 4.78 is 14.6. The number of nitrogens with one attached hydrogen (secondary N) is 1. The van der Waals surface area contributed by atoms with Gasteiger partial charge < -0.3 is 10.4 Å². The number of piperazine rings is 1. The molecule has 0 radical (unpaired) electrons. The second kappa shape index (κ2) is 9.64. The van der Waals surface area contributed by atoms with E-state index < -0.39 is 0 Å². The summed E-state index contributed by atoms with van der Waals surface area (Å²) in [5.74, 6) is -0.378. The molecule has 0 bridgehead atoms. The monoisotopic (exact) mass is 400 g/mol. The van der Waals surface area contributed by atoms with Crippen molar-refractivity contribution in [2.45, 2.75) is 12.5 Å². The molecule has 1 aromatic rings. The average Bonchev–Trinajstić information content (AvgIpc) is 2.43. The number of aromatic hydroxyl groups is 1. The Morgan fingerprint density at radius 3 is 2.57 bits per heavy atom. The van der Waals surface area contributed by atoms with Gasteiger partial charge in [0.2, 0.25) is 0 Å². The lowest BCUT2D eigenvalue weighted by Crippen LogP contribution is -2.45. The first-order chi connectivity index (χ1) is 9.15. The van der Waals surface area contributed by atoms with Crippen molar-refractivity contribution in [2.75, 3.05) is 26.2 Å². The van der Waals surface area contributed by atoms with Crippen molar-refractivity contribution in [2.24, 2.45) is 0 Å². The molecule has 0 aromatic heterocycles. The zero-order valence-electron chi connectivity index (χ0n) is 11.5. The zero-order chi connectivity index (χ0) is 13.8. The molecular weight excluding hydrogens is 382 g/mol. The van der Waals surface area contributed by atoms with Crippen molar-refractivity contribution < 1.29 is 9.50 Å². The third-order valence-corrected chi connectivity index (χ3v) is 4.07. The third kappa shape index (κ3) is 4.83. The Hall–Kier alpha value is -0.330. The van der Waals surface area contributed by atoms with Gasteiger partial charge in [-0.05, 0) is 34.5 Å². The van der Waals surface area contributed by atoms with E-state index in [4.69, 9.17) is 0 Å². The minimum atomic E-state index is -0.369. The molecule has 1 fully saturated rings. The van der Waals surface area contributed by atoms with Crippen LogP contribution in [0.15, 0.2) is 29.3 Å². The van der Waals surface area contributed by atoms with E-state index in [0.717, 1.165) is 26.2 Å². The molecule has 1 aliphatic heterocycles. The summed E-state index contributed by atoms with van der Waals surface area (Å²) in [6.45, 7) is 7.18. The SMILES string of the molecule is C=CC[C@H](c1c(F)ccc(Br)c1O)N1CCNCC1.Cl.Cl. The molecule has 120 valence electrons. The molecule has 0 amide bonds. The van der Waals surface area contributed by atoms with E-state index in [1.807, 2.05) is 0 Å². The molecule has 21 heavy (non-hydrogen) atoms. The van der Waals surface area contributed by atoms with Crippen LogP contribution in [0.4, 0.5) is 4.39 Å². The Balaban J connectivity index is 0.00000200. The van der Waals surface area contributed by atoms with Crippen LogP contribution in [0, 0.1) is 5.82 Å². The number of phenols is 1. The highest BCUT2D eigenvalue weighted by molar-refractivity contribution is 9.10. The molecule has 1 saturated heterocycles. The summed E-state index contributed by atoms with van der Waals surface area (Å²) in [6, 6.07) is 2.74.